The van der Waals surface area contributed by atoms with Crippen molar-refractivity contribution in [2.75, 3.05) is 13.1 Å². The molecule has 2 nitrogen and oxygen atoms in total. The van der Waals surface area contributed by atoms with Crippen molar-refractivity contribution in [1.29, 1.82) is 0 Å². The minimum atomic E-state index is 0.395. The van der Waals surface area contributed by atoms with Crippen molar-refractivity contribution in [3.8, 4) is 0 Å². The van der Waals surface area contributed by atoms with E-state index in [4.69, 9.17) is 5.73 Å². The molecule has 1 atom stereocenters. The Morgan fingerprint density at radius 2 is 2.00 bits per heavy atom. The topological polar surface area (TPSA) is 38.0 Å². The Morgan fingerprint density at radius 3 is 2.33 bits per heavy atom. The van der Waals surface area contributed by atoms with Crippen LogP contribution in [0.1, 0.15) is 19.8 Å². The smallest absolute Gasteiger partial charge is 0.00397 e. The molecule has 9 heavy (non-hydrogen) atoms. The van der Waals surface area contributed by atoms with Crippen LogP contribution in [0.5, 0.6) is 0 Å². The maximum Gasteiger partial charge on any atom is 0.00397 e. The summed E-state index contributed by atoms with van der Waals surface area (Å²) in [6.07, 6.45) is 2.52. The largest absolute Gasteiger partial charge is 0.328 e. The lowest BCUT2D eigenvalue weighted by molar-refractivity contribution is 0.330. The van der Waals surface area contributed by atoms with Crippen LogP contribution in [0.2, 0.25) is 0 Å². The van der Waals surface area contributed by atoms with Gasteiger partial charge in [0.15, 0.2) is 0 Å². The van der Waals surface area contributed by atoms with E-state index in [-0.39, 0.29) is 0 Å². The predicted molar refractivity (Wildman–Crippen MR) is 39.2 cm³/mol. The Morgan fingerprint density at radius 1 is 1.44 bits per heavy atom. The van der Waals surface area contributed by atoms with E-state index in [1.165, 1.54) is 12.8 Å². The van der Waals surface area contributed by atoms with Gasteiger partial charge in [0.2, 0.25) is 0 Å². The summed E-state index contributed by atoms with van der Waals surface area (Å²) in [6, 6.07) is 0.395. The van der Waals surface area contributed by atoms with Gasteiger partial charge in [-0.3, -0.25) is 0 Å². The SMILES string of the molecule is CC(N)C1CCNCC1. The highest BCUT2D eigenvalue weighted by Crippen LogP contribution is 2.13. The fraction of sp³-hybridized carbons (Fsp3) is 1.00. The molecule has 0 saturated carbocycles. The monoisotopic (exact) mass is 128 g/mol. The molecule has 1 saturated heterocycles. The lowest BCUT2D eigenvalue weighted by atomic mass is 9.92. The fourth-order valence-corrected chi connectivity index (χ4v) is 1.37. The molecule has 1 rings (SSSR count). The summed E-state index contributed by atoms with van der Waals surface area (Å²) >= 11 is 0. The highest BCUT2D eigenvalue weighted by molar-refractivity contribution is 4.74. The van der Waals surface area contributed by atoms with Gasteiger partial charge in [-0.2, -0.15) is 0 Å². The molecule has 1 unspecified atom stereocenters. The average Bonchev–Trinajstić information content (AvgIpc) is 1.90. The van der Waals surface area contributed by atoms with E-state index in [0.717, 1.165) is 19.0 Å². The number of piperidine rings is 1. The van der Waals surface area contributed by atoms with Crippen molar-refractivity contribution >= 4 is 0 Å². The van der Waals surface area contributed by atoms with Gasteiger partial charge in [-0.25, -0.2) is 0 Å². The van der Waals surface area contributed by atoms with E-state index >= 15 is 0 Å². The zero-order valence-electron chi connectivity index (χ0n) is 6.06. The molecule has 0 aromatic heterocycles. The molecule has 0 aromatic rings. The van der Waals surface area contributed by atoms with Crippen LogP contribution in [0.4, 0.5) is 0 Å². The average molecular weight is 128 g/mol. The molecular formula is C7H16N2. The first-order chi connectivity index (χ1) is 4.30. The van der Waals surface area contributed by atoms with Crippen LogP contribution in [0.3, 0.4) is 0 Å². The Labute approximate surface area is 56.8 Å². The summed E-state index contributed by atoms with van der Waals surface area (Å²) in [7, 11) is 0. The van der Waals surface area contributed by atoms with Crippen molar-refractivity contribution in [3.63, 3.8) is 0 Å². The van der Waals surface area contributed by atoms with Gasteiger partial charge in [-0.1, -0.05) is 0 Å². The fourth-order valence-electron chi connectivity index (χ4n) is 1.37. The van der Waals surface area contributed by atoms with Crippen LogP contribution < -0.4 is 11.1 Å². The molecule has 1 fully saturated rings. The number of hydrogen-bond acceptors (Lipinski definition) is 2. The molecule has 0 amide bonds. The highest BCUT2D eigenvalue weighted by Gasteiger charge is 2.15. The molecule has 3 N–H and O–H groups in total. The molecular weight excluding hydrogens is 112 g/mol. The third-order valence-electron chi connectivity index (χ3n) is 2.13. The van der Waals surface area contributed by atoms with E-state index in [0.29, 0.717) is 6.04 Å². The molecule has 0 aromatic carbocycles. The normalized spacial score (nSPS) is 26.0. The lowest BCUT2D eigenvalue weighted by Gasteiger charge is -2.25. The van der Waals surface area contributed by atoms with Gasteiger partial charge in [0.25, 0.3) is 0 Å². The number of nitrogens with two attached hydrogens (primary N) is 1. The van der Waals surface area contributed by atoms with E-state index in [1.54, 1.807) is 0 Å². The predicted octanol–water partition coefficient (Wildman–Crippen LogP) is 0.333. The van der Waals surface area contributed by atoms with Gasteiger partial charge in [0, 0.05) is 6.04 Å². The first-order valence-corrected chi connectivity index (χ1v) is 3.77. The van der Waals surface area contributed by atoms with E-state index in [9.17, 15) is 0 Å². The van der Waals surface area contributed by atoms with Crippen molar-refractivity contribution in [1.82, 2.24) is 5.32 Å². The van der Waals surface area contributed by atoms with E-state index in [2.05, 4.69) is 12.2 Å². The first-order valence-electron chi connectivity index (χ1n) is 3.77. The molecule has 54 valence electrons. The molecule has 0 bridgehead atoms. The molecule has 1 aliphatic heterocycles. The second kappa shape index (κ2) is 3.18. The summed E-state index contributed by atoms with van der Waals surface area (Å²) in [6.45, 7) is 4.42. The number of hydrogen-bond donors (Lipinski definition) is 2. The summed E-state index contributed by atoms with van der Waals surface area (Å²) in [5.41, 5.74) is 5.74. The zero-order chi connectivity index (χ0) is 6.69. The van der Waals surface area contributed by atoms with Crippen molar-refractivity contribution in [2.24, 2.45) is 11.7 Å². The van der Waals surface area contributed by atoms with Gasteiger partial charge in [0.05, 0.1) is 0 Å². The van der Waals surface area contributed by atoms with Gasteiger partial charge >= 0.3 is 0 Å². The molecule has 0 aliphatic carbocycles. The maximum absolute atomic E-state index is 5.74. The van der Waals surface area contributed by atoms with Gasteiger partial charge < -0.3 is 11.1 Å². The Kier molecular flexibility index (Phi) is 2.49. The first kappa shape index (κ1) is 7.03. The van der Waals surface area contributed by atoms with Crippen LogP contribution >= 0.6 is 0 Å². The third kappa shape index (κ3) is 1.95. The van der Waals surface area contributed by atoms with Crippen molar-refractivity contribution < 1.29 is 0 Å². The van der Waals surface area contributed by atoms with Crippen LogP contribution in [-0.2, 0) is 0 Å². The molecule has 0 spiro atoms. The van der Waals surface area contributed by atoms with E-state index in [1.807, 2.05) is 0 Å². The summed E-state index contributed by atoms with van der Waals surface area (Å²) in [5, 5.41) is 3.31. The third-order valence-corrected chi connectivity index (χ3v) is 2.13. The quantitative estimate of drug-likeness (QED) is 0.534. The van der Waals surface area contributed by atoms with Crippen molar-refractivity contribution in [2.45, 2.75) is 25.8 Å². The Hall–Kier alpha value is -0.0800. The van der Waals surface area contributed by atoms with Gasteiger partial charge in [0.1, 0.15) is 0 Å². The minimum Gasteiger partial charge on any atom is -0.328 e. The Bertz CT molecular complexity index is 75.0. The summed E-state index contributed by atoms with van der Waals surface area (Å²) in [5.74, 6) is 0.770. The van der Waals surface area contributed by atoms with Gasteiger partial charge in [-0.15, -0.1) is 0 Å². The van der Waals surface area contributed by atoms with Crippen LogP contribution in [0.25, 0.3) is 0 Å². The second-order valence-corrected chi connectivity index (χ2v) is 2.95. The highest BCUT2D eigenvalue weighted by atomic mass is 14.9. The summed E-state index contributed by atoms with van der Waals surface area (Å²) in [4.78, 5) is 0. The number of rotatable bonds is 1. The Balaban J connectivity index is 2.23. The second-order valence-electron chi connectivity index (χ2n) is 2.95. The van der Waals surface area contributed by atoms with Crippen LogP contribution in [-0.4, -0.2) is 19.1 Å². The zero-order valence-corrected chi connectivity index (χ0v) is 6.06. The summed E-state index contributed by atoms with van der Waals surface area (Å²) < 4.78 is 0. The maximum atomic E-state index is 5.74. The van der Waals surface area contributed by atoms with E-state index < -0.39 is 0 Å². The molecule has 0 radical (unpaired) electrons. The minimum absolute atomic E-state index is 0.395. The standard InChI is InChI=1S/C7H16N2/c1-6(8)7-2-4-9-5-3-7/h6-7,9H,2-5,8H2,1H3. The molecule has 2 heteroatoms. The van der Waals surface area contributed by atoms with Gasteiger partial charge in [-0.05, 0) is 38.8 Å². The molecule has 1 aliphatic rings. The van der Waals surface area contributed by atoms with Crippen molar-refractivity contribution in [3.05, 3.63) is 0 Å². The number of nitrogens with one attached hydrogen (secondary N) is 1. The lowest BCUT2D eigenvalue weighted by Crippen LogP contribution is -2.36. The van der Waals surface area contributed by atoms with Crippen LogP contribution in [0, 0.1) is 5.92 Å². The molecule has 1 heterocycles. The van der Waals surface area contributed by atoms with Crippen LogP contribution in [0.15, 0.2) is 0 Å².